The third-order valence-electron chi connectivity index (χ3n) is 6.60. The first-order chi connectivity index (χ1) is 15.2. The summed E-state index contributed by atoms with van der Waals surface area (Å²) in [5.41, 5.74) is 0.808. The van der Waals surface area contributed by atoms with Gasteiger partial charge in [0.15, 0.2) is 6.10 Å². The van der Waals surface area contributed by atoms with Crippen LogP contribution in [-0.2, 0) is 14.3 Å². The van der Waals surface area contributed by atoms with Crippen LogP contribution in [0.25, 0.3) is 0 Å². The zero-order chi connectivity index (χ0) is 21.6. The van der Waals surface area contributed by atoms with Crippen LogP contribution in [-0.4, -0.2) is 46.7 Å². The minimum Gasteiger partial charge on any atom is -0.367 e. The van der Waals surface area contributed by atoms with Gasteiger partial charge in [-0.1, -0.05) is 43.2 Å². The molecule has 0 unspecified atom stereocenters. The topological polar surface area (TPSA) is 76.5 Å². The highest BCUT2D eigenvalue weighted by Gasteiger charge is 2.28. The van der Waals surface area contributed by atoms with E-state index >= 15 is 0 Å². The number of carbonyl (C=O) groups is 2. The van der Waals surface area contributed by atoms with Crippen LogP contribution in [0.4, 0.5) is 5.82 Å². The van der Waals surface area contributed by atoms with E-state index in [9.17, 15) is 9.59 Å². The van der Waals surface area contributed by atoms with E-state index in [-0.39, 0.29) is 11.9 Å². The summed E-state index contributed by atoms with van der Waals surface area (Å²) >= 11 is 0. The van der Waals surface area contributed by atoms with Gasteiger partial charge < -0.3 is 15.0 Å². The number of benzene rings is 1. The molecule has 166 valence electrons. The molecule has 1 aromatic heterocycles. The molecular formula is C24H32N4O3. The van der Waals surface area contributed by atoms with Gasteiger partial charge >= 0.3 is 0 Å². The third kappa shape index (κ3) is 5.15. The molecule has 1 aliphatic carbocycles. The van der Waals surface area contributed by atoms with E-state index in [0.717, 1.165) is 31.5 Å². The molecule has 0 bridgehead atoms. The van der Waals surface area contributed by atoms with Crippen LogP contribution >= 0.6 is 0 Å². The van der Waals surface area contributed by atoms with Gasteiger partial charge in [-0.3, -0.25) is 9.59 Å². The van der Waals surface area contributed by atoms with E-state index < -0.39 is 6.10 Å². The molecule has 0 spiro atoms. The number of hydrogen-bond donors (Lipinski definition) is 1. The van der Waals surface area contributed by atoms with Crippen molar-refractivity contribution < 1.29 is 14.3 Å². The van der Waals surface area contributed by atoms with Gasteiger partial charge in [0.2, 0.25) is 5.91 Å². The Morgan fingerprint density at radius 1 is 1.10 bits per heavy atom. The Hall–Kier alpha value is -2.67. The van der Waals surface area contributed by atoms with Gasteiger partial charge in [0.05, 0.1) is 12.2 Å². The zero-order valence-electron chi connectivity index (χ0n) is 18.2. The van der Waals surface area contributed by atoms with Crippen molar-refractivity contribution in [2.24, 2.45) is 5.92 Å². The fraction of sp³-hybridized carbons (Fsp3) is 0.542. The number of aromatic nitrogens is 2. The smallest absolute Gasteiger partial charge is 0.259 e. The van der Waals surface area contributed by atoms with Crippen LogP contribution in [0.2, 0.25) is 0 Å². The number of methoxy groups -OCH3 is 1. The maximum atomic E-state index is 12.9. The summed E-state index contributed by atoms with van der Waals surface area (Å²) in [6, 6.07) is 11.4. The third-order valence-corrected chi connectivity index (χ3v) is 6.60. The second-order valence-electron chi connectivity index (χ2n) is 8.64. The van der Waals surface area contributed by atoms with E-state index in [1.165, 1.54) is 32.8 Å². The van der Waals surface area contributed by atoms with Gasteiger partial charge in [-0.05, 0) is 37.2 Å². The minimum atomic E-state index is -0.681. The number of ether oxygens (including phenoxy) is 1. The summed E-state index contributed by atoms with van der Waals surface area (Å²) in [6.45, 7) is 1.49. The summed E-state index contributed by atoms with van der Waals surface area (Å²) in [5.74, 6) is 1.32. The molecule has 2 aliphatic rings. The number of nitrogens with one attached hydrogen (secondary N) is 1. The lowest BCUT2D eigenvalue weighted by Crippen LogP contribution is -2.40. The molecule has 1 aromatic carbocycles. The minimum absolute atomic E-state index is 0.165. The highest BCUT2D eigenvalue weighted by Crippen LogP contribution is 2.30. The number of anilines is 1. The summed E-state index contributed by atoms with van der Waals surface area (Å²) < 4.78 is 7.32. The molecule has 2 aromatic rings. The second-order valence-corrected chi connectivity index (χ2v) is 8.64. The van der Waals surface area contributed by atoms with Gasteiger partial charge in [-0.2, -0.15) is 5.10 Å². The van der Waals surface area contributed by atoms with Crippen LogP contribution in [0, 0.1) is 5.92 Å². The van der Waals surface area contributed by atoms with Crippen LogP contribution in [0.5, 0.6) is 0 Å². The van der Waals surface area contributed by atoms with Crippen molar-refractivity contribution >= 4 is 17.6 Å². The average Bonchev–Trinajstić information content (AvgIpc) is 3.47. The molecule has 7 nitrogen and oxygen atoms in total. The average molecular weight is 425 g/mol. The van der Waals surface area contributed by atoms with Crippen LogP contribution < -0.4 is 5.32 Å². The van der Waals surface area contributed by atoms with E-state index in [2.05, 4.69) is 10.4 Å². The number of likely N-dealkylation sites (tertiary alicyclic amines) is 1. The maximum Gasteiger partial charge on any atom is 0.259 e. The summed E-state index contributed by atoms with van der Waals surface area (Å²) in [5, 5.41) is 7.44. The monoisotopic (exact) mass is 424 g/mol. The molecule has 1 saturated carbocycles. The Balaban J connectivity index is 1.34. The summed E-state index contributed by atoms with van der Waals surface area (Å²) in [6.07, 6.45) is 8.33. The van der Waals surface area contributed by atoms with Gasteiger partial charge in [0.25, 0.3) is 5.91 Å². The summed E-state index contributed by atoms with van der Waals surface area (Å²) in [4.78, 5) is 27.5. The van der Waals surface area contributed by atoms with Crippen molar-refractivity contribution in [2.75, 3.05) is 25.5 Å². The van der Waals surface area contributed by atoms with Gasteiger partial charge in [-0.25, -0.2) is 4.68 Å². The van der Waals surface area contributed by atoms with Gasteiger partial charge in [-0.15, -0.1) is 0 Å². The molecule has 4 rings (SSSR count). The van der Waals surface area contributed by atoms with Crippen LogP contribution in [0.3, 0.4) is 0 Å². The lowest BCUT2D eigenvalue weighted by atomic mass is 10.0. The van der Waals surface area contributed by atoms with Gasteiger partial charge in [0, 0.05) is 32.7 Å². The normalized spacial score (nSPS) is 18.8. The van der Waals surface area contributed by atoms with E-state index in [1.54, 1.807) is 6.20 Å². The second kappa shape index (κ2) is 10.1. The molecule has 31 heavy (non-hydrogen) atoms. The Kier molecular flexibility index (Phi) is 7.02. The highest BCUT2D eigenvalue weighted by molar-refractivity contribution is 5.94. The van der Waals surface area contributed by atoms with E-state index in [0.29, 0.717) is 24.1 Å². The molecule has 2 fully saturated rings. The molecule has 7 heteroatoms. The molecule has 0 radical (unpaired) electrons. The number of hydrogen-bond acceptors (Lipinski definition) is 4. The zero-order valence-corrected chi connectivity index (χ0v) is 18.2. The Morgan fingerprint density at radius 3 is 2.48 bits per heavy atom. The van der Waals surface area contributed by atoms with Crippen LogP contribution in [0.15, 0.2) is 42.6 Å². The van der Waals surface area contributed by atoms with Gasteiger partial charge in [0.1, 0.15) is 5.82 Å². The number of piperidine rings is 1. The predicted octanol–water partition coefficient (Wildman–Crippen LogP) is 3.95. The highest BCUT2D eigenvalue weighted by atomic mass is 16.5. The SMILES string of the molecule is CO[C@H](C(=O)Nc1ccnn1C1CCN(C(=O)CC2CCCC2)CC1)c1ccccc1. The quantitative estimate of drug-likeness (QED) is 0.730. The molecule has 2 heterocycles. The number of rotatable bonds is 7. The van der Waals surface area contributed by atoms with Crippen molar-refractivity contribution in [3.8, 4) is 0 Å². The van der Waals surface area contributed by atoms with Crippen molar-refractivity contribution in [3.05, 3.63) is 48.2 Å². The standard InChI is InChI=1S/C24H32N4O3/c1-31-23(19-9-3-2-4-10-19)24(30)26-21-11-14-25-28(21)20-12-15-27(16-13-20)22(29)17-18-7-5-6-8-18/h2-4,9-11,14,18,20,23H,5-8,12-13,15-17H2,1H3,(H,26,30)/t23-/m0/s1. The Labute approximate surface area is 183 Å². The molecule has 2 amide bonds. The fourth-order valence-corrected chi connectivity index (χ4v) is 4.87. The molecule has 1 atom stereocenters. The maximum absolute atomic E-state index is 12.9. The molecule has 1 aliphatic heterocycles. The Morgan fingerprint density at radius 2 is 1.81 bits per heavy atom. The van der Waals surface area contributed by atoms with Crippen molar-refractivity contribution in [2.45, 2.75) is 57.1 Å². The number of nitrogens with zero attached hydrogens (tertiary/aromatic N) is 3. The number of carbonyl (C=O) groups excluding carboxylic acids is 2. The molecular weight excluding hydrogens is 392 g/mol. The lowest BCUT2D eigenvalue weighted by molar-refractivity contribution is -0.133. The lowest BCUT2D eigenvalue weighted by Gasteiger charge is -2.33. The van der Waals surface area contributed by atoms with Crippen molar-refractivity contribution in [1.82, 2.24) is 14.7 Å². The predicted molar refractivity (Wildman–Crippen MR) is 118 cm³/mol. The van der Waals surface area contributed by atoms with Crippen molar-refractivity contribution in [3.63, 3.8) is 0 Å². The first-order valence-electron chi connectivity index (χ1n) is 11.4. The number of amides is 2. The van der Waals surface area contributed by atoms with Crippen LogP contribution in [0.1, 0.15) is 62.7 Å². The fourth-order valence-electron chi connectivity index (χ4n) is 4.87. The Bertz CT molecular complexity index is 868. The first-order valence-corrected chi connectivity index (χ1v) is 11.4. The first kappa shape index (κ1) is 21.6. The molecule has 1 saturated heterocycles. The molecule has 1 N–H and O–H groups in total. The van der Waals surface area contributed by atoms with Crippen molar-refractivity contribution in [1.29, 1.82) is 0 Å². The summed E-state index contributed by atoms with van der Waals surface area (Å²) in [7, 11) is 1.53. The van der Waals surface area contributed by atoms with E-state index in [4.69, 9.17) is 4.74 Å². The largest absolute Gasteiger partial charge is 0.367 e. The van der Waals surface area contributed by atoms with E-state index in [1.807, 2.05) is 46.0 Å².